The van der Waals surface area contributed by atoms with Gasteiger partial charge in [0.1, 0.15) is 5.82 Å². The molecule has 0 aliphatic heterocycles. The third kappa shape index (κ3) is 2.12. The van der Waals surface area contributed by atoms with Crippen molar-refractivity contribution in [2.45, 2.75) is 13.3 Å². The van der Waals surface area contributed by atoms with Crippen molar-refractivity contribution in [2.75, 3.05) is 6.54 Å². The Hall–Kier alpha value is -1.25. The molecule has 3 heteroatoms. The molecular formula is C9H10FNO. The highest BCUT2D eigenvalue weighted by Gasteiger charge is 1.98. The Morgan fingerprint density at radius 2 is 2.25 bits per heavy atom. The Kier molecular flexibility index (Phi) is 2.91. The maximum absolute atomic E-state index is 12.9. The van der Waals surface area contributed by atoms with Gasteiger partial charge in [0.2, 0.25) is 0 Å². The molecule has 0 heterocycles. The highest BCUT2D eigenvalue weighted by molar-refractivity contribution is 5.23. The molecule has 0 saturated heterocycles. The van der Waals surface area contributed by atoms with Crippen LogP contribution in [-0.4, -0.2) is 6.54 Å². The molecule has 0 amide bonds. The van der Waals surface area contributed by atoms with Crippen LogP contribution < -0.4 is 0 Å². The van der Waals surface area contributed by atoms with Crippen LogP contribution >= 0.6 is 0 Å². The fourth-order valence-corrected chi connectivity index (χ4v) is 0.967. The van der Waals surface area contributed by atoms with Gasteiger partial charge in [-0.15, -0.1) is 0 Å². The molecule has 0 aliphatic carbocycles. The summed E-state index contributed by atoms with van der Waals surface area (Å²) in [6.45, 7) is 1.92. The molecule has 0 fully saturated rings. The summed E-state index contributed by atoms with van der Waals surface area (Å²) in [6, 6.07) is 4.96. The lowest BCUT2D eigenvalue weighted by molar-refractivity contribution is 0.616. The number of benzene rings is 1. The Balaban J connectivity index is 2.75. The Morgan fingerprint density at radius 3 is 2.83 bits per heavy atom. The number of nitroso groups, excluding NO2 is 1. The van der Waals surface area contributed by atoms with Gasteiger partial charge in [-0.2, -0.15) is 4.91 Å². The maximum atomic E-state index is 12.9. The van der Waals surface area contributed by atoms with E-state index in [1.54, 1.807) is 13.0 Å². The molecule has 1 aromatic rings. The number of hydrogen-bond acceptors (Lipinski definition) is 2. The second-order valence-electron chi connectivity index (χ2n) is 2.69. The van der Waals surface area contributed by atoms with E-state index < -0.39 is 0 Å². The van der Waals surface area contributed by atoms with E-state index >= 15 is 0 Å². The van der Waals surface area contributed by atoms with Crippen LogP contribution in [0.5, 0.6) is 0 Å². The topological polar surface area (TPSA) is 29.4 Å². The van der Waals surface area contributed by atoms with Crippen molar-refractivity contribution >= 4 is 0 Å². The number of aryl methyl sites for hydroxylation is 1. The molecule has 2 nitrogen and oxygen atoms in total. The normalized spacial score (nSPS) is 9.83. The average Bonchev–Trinajstić information content (AvgIpc) is 2.07. The predicted molar refractivity (Wildman–Crippen MR) is 45.5 cm³/mol. The zero-order valence-corrected chi connectivity index (χ0v) is 6.88. The molecule has 0 N–H and O–H groups in total. The standard InChI is InChI=1S/C9H10FNO/c1-7-2-3-8(4-5-11-12)6-9(7)10/h2-3,6H,4-5H2,1H3. The minimum Gasteiger partial charge on any atom is -0.207 e. The highest BCUT2D eigenvalue weighted by atomic mass is 19.1. The van der Waals surface area contributed by atoms with Crippen LogP contribution in [0.4, 0.5) is 4.39 Å². The first-order valence-electron chi connectivity index (χ1n) is 3.78. The smallest absolute Gasteiger partial charge is 0.126 e. The van der Waals surface area contributed by atoms with Crippen LogP contribution in [0.15, 0.2) is 23.4 Å². The van der Waals surface area contributed by atoms with Crippen molar-refractivity contribution < 1.29 is 4.39 Å². The van der Waals surface area contributed by atoms with Crippen LogP contribution in [0.3, 0.4) is 0 Å². The van der Waals surface area contributed by atoms with E-state index in [0.29, 0.717) is 12.0 Å². The van der Waals surface area contributed by atoms with Gasteiger partial charge < -0.3 is 0 Å². The lowest BCUT2D eigenvalue weighted by atomic mass is 10.1. The first kappa shape index (κ1) is 8.84. The third-order valence-corrected chi connectivity index (χ3v) is 1.73. The minimum absolute atomic E-state index is 0.211. The van der Waals surface area contributed by atoms with Gasteiger partial charge in [-0.3, -0.25) is 0 Å². The first-order chi connectivity index (χ1) is 5.74. The summed E-state index contributed by atoms with van der Waals surface area (Å²) in [5.74, 6) is -0.224. The molecule has 12 heavy (non-hydrogen) atoms. The van der Waals surface area contributed by atoms with Gasteiger partial charge in [-0.05, 0) is 30.5 Å². The molecule has 0 saturated carbocycles. The van der Waals surface area contributed by atoms with E-state index in [0.717, 1.165) is 5.56 Å². The number of hydrogen-bond donors (Lipinski definition) is 0. The minimum atomic E-state index is -0.224. The molecule has 1 aromatic carbocycles. The van der Waals surface area contributed by atoms with Gasteiger partial charge in [-0.25, -0.2) is 4.39 Å². The van der Waals surface area contributed by atoms with Crippen molar-refractivity contribution in [3.63, 3.8) is 0 Å². The average molecular weight is 167 g/mol. The summed E-state index contributed by atoms with van der Waals surface area (Å²) in [5, 5.41) is 2.71. The quantitative estimate of drug-likeness (QED) is 0.636. The van der Waals surface area contributed by atoms with E-state index in [1.165, 1.54) is 6.07 Å². The van der Waals surface area contributed by atoms with E-state index in [4.69, 9.17) is 0 Å². The van der Waals surface area contributed by atoms with Crippen molar-refractivity contribution in [3.8, 4) is 0 Å². The van der Waals surface area contributed by atoms with Gasteiger partial charge in [-0.1, -0.05) is 17.3 Å². The van der Waals surface area contributed by atoms with E-state index in [1.807, 2.05) is 6.07 Å². The van der Waals surface area contributed by atoms with Gasteiger partial charge in [0.05, 0.1) is 6.54 Å². The highest BCUT2D eigenvalue weighted by Crippen LogP contribution is 2.09. The zero-order chi connectivity index (χ0) is 8.97. The SMILES string of the molecule is Cc1ccc(CCN=O)cc1F. The Labute approximate surface area is 70.4 Å². The van der Waals surface area contributed by atoms with Crippen LogP contribution in [0.25, 0.3) is 0 Å². The fraction of sp³-hybridized carbons (Fsp3) is 0.333. The summed E-state index contributed by atoms with van der Waals surface area (Å²) >= 11 is 0. The molecule has 0 spiro atoms. The summed E-state index contributed by atoms with van der Waals surface area (Å²) in [4.78, 5) is 9.79. The summed E-state index contributed by atoms with van der Waals surface area (Å²) in [5.41, 5.74) is 1.44. The van der Waals surface area contributed by atoms with Gasteiger partial charge in [0, 0.05) is 0 Å². The lowest BCUT2D eigenvalue weighted by Gasteiger charge is -1.99. The monoisotopic (exact) mass is 167 g/mol. The molecule has 0 radical (unpaired) electrons. The van der Waals surface area contributed by atoms with Gasteiger partial charge in [0.25, 0.3) is 0 Å². The van der Waals surface area contributed by atoms with Crippen LogP contribution in [0.2, 0.25) is 0 Å². The van der Waals surface area contributed by atoms with Crippen LogP contribution in [-0.2, 0) is 6.42 Å². The molecule has 64 valence electrons. The van der Waals surface area contributed by atoms with E-state index in [-0.39, 0.29) is 12.4 Å². The van der Waals surface area contributed by atoms with E-state index in [9.17, 15) is 9.30 Å². The molecule has 1 rings (SSSR count). The lowest BCUT2D eigenvalue weighted by Crippen LogP contribution is -1.91. The number of rotatable bonds is 3. The van der Waals surface area contributed by atoms with Crippen LogP contribution in [0, 0.1) is 17.6 Å². The van der Waals surface area contributed by atoms with Crippen molar-refractivity contribution in [3.05, 3.63) is 40.1 Å². The summed E-state index contributed by atoms with van der Waals surface area (Å²) in [7, 11) is 0. The second-order valence-corrected chi connectivity index (χ2v) is 2.69. The summed E-state index contributed by atoms with van der Waals surface area (Å²) in [6.07, 6.45) is 0.515. The van der Waals surface area contributed by atoms with Gasteiger partial charge >= 0.3 is 0 Å². The Bertz CT molecular complexity index is 286. The Morgan fingerprint density at radius 1 is 1.50 bits per heavy atom. The first-order valence-corrected chi connectivity index (χ1v) is 3.78. The van der Waals surface area contributed by atoms with Crippen molar-refractivity contribution in [1.29, 1.82) is 0 Å². The second kappa shape index (κ2) is 3.95. The number of halogens is 1. The van der Waals surface area contributed by atoms with Gasteiger partial charge in [0.15, 0.2) is 0 Å². The fourth-order valence-electron chi connectivity index (χ4n) is 0.967. The van der Waals surface area contributed by atoms with Crippen molar-refractivity contribution in [1.82, 2.24) is 0 Å². The molecule has 0 aliphatic rings. The summed E-state index contributed by atoms with van der Waals surface area (Å²) < 4.78 is 12.9. The molecule has 0 aromatic heterocycles. The third-order valence-electron chi connectivity index (χ3n) is 1.73. The predicted octanol–water partition coefficient (Wildman–Crippen LogP) is 2.44. The largest absolute Gasteiger partial charge is 0.207 e. The number of nitrogens with zero attached hydrogens (tertiary/aromatic N) is 1. The van der Waals surface area contributed by atoms with Crippen molar-refractivity contribution in [2.24, 2.45) is 5.18 Å². The zero-order valence-electron chi connectivity index (χ0n) is 6.88. The molecule has 0 unspecified atom stereocenters. The molecule has 0 atom stereocenters. The van der Waals surface area contributed by atoms with E-state index in [2.05, 4.69) is 5.18 Å². The molecular weight excluding hydrogens is 157 g/mol. The molecule has 0 bridgehead atoms. The van der Waals surface area contributed by atoms with Crippen LogP contribution in [0.1, 0.15) is 11.1 Å². The maximum Gasteiger partial charge on any atom is 0.126 e.